The van der Waals surface area contributed by atoms with E-state index < -0.39 is 5.60 Å². The topological polar surface area (TPSA) is 20.2 Å². The van der Waals surface area contributed by atoms with E-state index in [1.54, 1.807) is 0 Å². The average molecular weight is 107 g/mol. The van der Waals surface area contributed by atoms with Crippen LogP contribution in [0.3, 0.4) is 0 Å². The minimum absolute atomic E-state index is 0.410. The molecule has 0 saturated heterocycles. The molecule has 0 heterocycles. The fourth-order valence-corrected chi connectivity index (χ4v) is 0.545. The van der Waals surface area contributed by atoms with Crippen LogP contribution in [0.15, 0.2) is 0 Å². The Morgan fingerprint density at radius 1 is 1.67 bits per heavy atom. The highest BCUT2D eigenvalue weighted by Gasteiger charge is 2.38. The third-order valence-corrected chi connectivity index (χ3v) is 1.57. The van der Waals surface area contributed by atoms with Crippen LogP contribution < -0.4 is 0 Å². The molecule has 1 aliphatic carbocycles. The Labute approximate surface area is 41.9 Å². The number of aliphatic hydroxyl groups is 1. The van der Waals surface area contributed by atoms with Gasteiger partial charge >= 0.3 is 0 Å². The van der Waals surface area contributed by atoms with Crippen molar-refractivity contribution in [2.45, 2.75) is 18.4 Å². The first-order chi connectivity index (χ1) is 2.77. The Kier molecular flexibility index (Phi) is 0.815. The summed E-state index contributed by atoms with van der Waals surface area (Å²) in [5, 5.41) is 8.81. The van der Waals surface area contributed by atoms with Gasteiger partial charge in [-0.3, -0.25) is 0 Å². The highest BCUT2D eigenvalue weighted by molar-refractivity contribution is 6.18. The van der Waals surface area contributed by atoms with Gasteiger partial charge in [0.25, 0.3) is 0 Å². The Morgan fingerprint density at radius 3 is 2.17 bits per heavy atom. The number of alkyl halides is 1. The van der Waals surface area contributed by atoms with E-state index in [-0.39, 0.29) is 0 Å². The minimum Gasteiger partial charge on any atom is -0.389 e. The first kappa shape index (κ1) is 4.41. The standard InChI is InChI=1S/C4H7ClO/c5-3-4(6)1-2-4/h6H,1-3H2. The van der Waals surface area contributed by atoms with Crippen molar-refractivity contribution in [3.05, 3.63) is 0 Å². The number of hydrogen-bond acceptors (Lipinski definition) is 1. The lowest BCUT2D eigenvalue weighted by Crippen LogP contribution is -2.06. The first-order valence-corrected chi connectivity index (χ1v) is 2.59. The number of halogens is 1. The van der Waals surface area contributed by atoms with Gasteiger partial charge in [0.05, 0.1) is 11.5 Å². The lowest BCUT2D eigenvalue weighted by Gasteiger charge is -1.94. The molecule has 2 heteroatoms. The van der Waals surface area contributed by atoms with E-state index in [1.807, 2.05) is 0 Å². The van der Waals surface area contributed by atoms with Gasteiger partial charge in [-0.15, -0.1) is 11.6 Å². The van der Waals surface area contributed by atoms with Crippen LogP contribution in [-0.4, -0.2) is 16.6 Å². The van der Waals surface area contributed by atoms with E-state index in [0.29, 0.717) is 5.88 Å². The Balaban J connectivity index is 2.28. The molecule has 0 bridgehead atoms. The van der Waals surface area contributed by atoms with Crippen LogP contribution in [0.5, 0.6) is 0 Å². The van der Waals surface area contributed by atoms with E-state index in [9.17, 15) is 0 Å². The maximum atomic E-state index is 8.81. The molecule has 0 aliphatic heterocycles. The predicted octanol–water partition coefficient (Wildman–Crippen LogP) is 0.750. The van der Waals surface area contributed by atoms with Crippen LogP contribution in [-0.2, 0) is 0 Å². The van der Waals surface area contributed by atoms with Crippen LogP contribution in [0.1, 0.15) is 12.8 Å². The maximum absolute atomic E-state index is 8.81. The molecular weight excluding hydrogens is 99.5 g/mol. The molecular formula is C4H7ClO. The van der Waals surface area contributed by atoms with Gasteiger partial charge in [0, 0.05) is 0 Å². The van der Waals surface area contributed by atoms with Gasteiger partial charge in [-0.05, 0) is 12.8 Å². The van der Waals surface area contributed by atoms with Gasteiger partial charge in [-0.1, -0.05) is 0 Å². The van der Waals surface area contributed by atoms with Crippen molar-refractivity contribution in [1.82, 2.24) is 0 Å². The summed E-state index contributed by atoms with van der Waals surface area (Å²) >= 11 is 5.29. The molecule has 6 heavy (non-hydrogen) atoms. The van der Waals surface area contributed by atoms with E-state index in [4.69, 9.17) is 16.7 Å². The van der Waals surface area contributed by atoms with E-state index in [1.165, 1.54) is 0 Å². The summed E-state index contributed by atoms with van der Waals surface area (Å²) < 4.78 is 0. The molecule has 0 radical (unpaired) electrons. The normalized spacial score (nSPS) is 27.0. The second kappa shape index (κ2) is 1.11. The highest BCUT2D eigenvalue weighted by atomic mass is 35.5. The molecule has 0 amide bonds. The summed E-state index contributed by atoms with van der Waals surface area (Å²) in [5.74, 6) is 0.410. The second-order valence-corrected chi connectivity index (χ2v) is 2.13. The van der Waals surface area contributed by atoms with Crippen molar-refractivity contribution in [1.29, 1.82) is 0 Å². The number of rotatable bonds is 1. The van der Waals surface area contributed by atoms with Crippen LogP contribution in [0.2, 0.25) is 0 Å². The summed E-state index contributed by atoms with van der Waals surface area (Å²) in [6.45, 7) is 0. The summed E-state index contributed by atoms with van der Waals surface area (Å²) in [5.41, 5.74) is -0.443. The first-order valence-electron chi connectivity index (χ1n) is 2.05. The Hall–Kier alpha value is 0.250. The average Bonchev–Trinajstić information content (AvgIpc) is 2.22. The summed E-state index contributed by atoms with van der Waals surface area (Å²) in [6.07, 6.45) is 1.80. The van der Waals surface area contributed by atoms with E-state index in [2.05, 4.69) is 0 Å². The molecule has 0 spiro atoms. The largest absolute Gasteiger partial charge is 0.389 e. The molecule has 1 nitrogen and oxygen atoms in total. The highest BCUT2D eigenvalue weighted by Crippen LogP contribution is 2.35. The van der Waals surface area contributed by atoms with Crippen molar-refractivity contribution >= 4 is 11.6 Å². The van der Waals surface area contributed by atoms with Gasteiger partial charge in [0.1, 0.15) is 0 Å². The fourth-order valence-electron chi connectivity index (χ4n) is 0.278. The van der Waals surface area contributed by atoms with Crippen molar-refractivity contribution in [2.75, 3.05) is 5.88 Å². The molecule has 1 aliphatic rings. The smallest absolute Gasteiger partial charge is 0.0784 e. The molecule has 1 N–H and O–H groups in total. The van der Waals surface area contributed by atoms with Gasteiger partial charge in [0.15, 0.2) is 0 Å². The molecule has 1 saturated carbocycles. The molecule has 0 unspecified atom stereocenters. The third kappa shape index (κ3) is 0.660. The lowest BCUT2D eigenvalue weighted by atomic mass is 10.4. The van der Waals surface area contributed by atoms with E-state index >= 15 is 0 Å². The zero-order valence-corrected chi connectivity index (χ0v) is 4.20. The fraction of sp³-hybridized carbons (Fsp3) is 1.00. The Morgan fingerprint density at radius 2 is 2.17 bits per heavy atom. The second-order valence-electron chi connectivity index (χ2n) is 1.86. The van der Waals surface area contributed by atoms with Crippen molar-refractivity contribution < 1.29 is 5.11 Å². The van der Waals surface area contributed by atoms with Gasteiger partial charge in [-0.25, -0.2) is 0 Å². The van der Waals surface area contributed by atoms with Crippen molar-refractivity contribution in [2.24, 2.45) is 0 Å². The monoisotopic (exact) mass is 106 g/mol. The predicted molar refractivity (Wildman–Crippen MR) is 24.9 cm³/mol. The van der Waals surface area contributed by atoms with Crippen LogP contribution in [0.25, 0.3) is 0 Å². The summed E-state index contributed by atoms with van der Waals surface area (Å²) in [6, 6.07) is 0. The molecule has 0 aromatic carbocycles. The third-order valence-electron chi connectivity index (χ3n) is 1.08. The number of hydrogen-bond donors (Lipinski definition) is 1. The lowest BCUT2D eigenvalue weighted by molar-refractivity contribution is 0.175. The van der Waals surface area contributed by atoms with Gasteiger partial charge < -0.3 is 5.11 Å². The molecule has 0 aromatic heterocycles. The zero-order chi connectivity index (χ0) is 4.62. The minimum atomic E-state index is -0.443. The Bertz CT molecular complexity index is 58.6. The van der Waals surface area contributed by atoms with Crippen molar-refractivity contribution in [3.63, 3.8) is 0 Å². The molecule has 36 valence electrons. The van der Waals surface area contributed by atoms with Crippen LogP contribution >= 0.6 is 11.6 Å². The molecule has 1 rings (SSSR count). The van der Waals surface area contributed by atoms with Gasteiger partial charge in [-0.2, -0.15) is 0 Å². The summed E-state index contributed by atoms with van der Waals surface area (Å²) in [7, 11) is 0. The van der Waals surface area contributed by atoms with Crippen LogP contribution in [0.4, 0.5) is 0 Å². The van der Waals surface area contributed by atoms with E-state index in [0.717, 1.165) is 12.8 Å². The quantitative estimate of drug-likeness (QED) is 0.489. The summed E-state index contributed by atoms with van der Waals surface area (Å²) in [4.78, 5) is 0. The van der Waals surface area contributed by atoms with Crippen molar-refractivity contribution in [3.8, 4) is 0 Å². The maximum Gasteiger partial charge on any atom is 0.0784 e. The molecule has 0 aromatic rings. The SMILES string of the molecule is OC1(CCl)CC1. The zero-order valence-electron chi connectivity index (χ0n) is 3.45. The molecule has 0 atom stereocenters. The van der Waals surface area contributed by atoms with Gasteiger partial charge in [0.2, 0.25) is 0 Å². The molecule has 1 fully saturated rings. The van der Waals surface area contributed by atoms with Crippen LogP contribution in [0, 0.1) is 0 Å².